The van der Waals surface area contributed by atoms with E-state index in [-0.39, 0.29) is 18.3 Å². The zero-order valence-electron chi connectivity index (χ0n) is 22.2. The van der Waals surface area contributed by atoms with Crippen LogP contribution in [0.4, 0.5) is 0 Å². The molecule has 0 aliphatic heterocycles. The minimum atomic E-state index is -1.00. The second kappa shape index (κ2) is 12.9. The molecule has 1 heterocycles. The van der Waals surface area contributed by atoms with E-state index in [9.17, 15) is 9.59 Å². The second-order valence-corrected chi connectivity index (χ2v) is 10.7. The molecule has 0 bridgehead atoms. The Balaban J connectivity index is 0.00000420. The number of hydrogen-bond acceptors (Lipinski definition) is 6. The molecule has 1 unspecified atom stereocenters. The molecule has 204 valence electrons. The summed E-state index contributed by atoms with van der Waals surface area (Å²) >= 11 is 1.57. The quantitative estimate of drug-likeness (QED) is 0.122. The van der Waals surface area contributed by atoms with Gasteiger partial charge in [-0.1, -0.05) is 64.1 Å². The van der Waals surface area contributed by atoms with E-state index in [4.69, 9.17) is 20.3 Å². The van der Waals surface area contributed by atoms with Gasteiger partial charge in [-0.2, -0.15) is 0 Å². The van der Waals surface area contributed by atoms with Crippen LogP contribution in [0.15, 0.2) is 72.8 Å². The van der Waals surface area contributed by atoms with Gasteiger partial charge in [0.25, 0.3) is 0 Å². The first-order valence-corrected chi connectivity index (χ1v) is 13.3. The summed E-state index contributed by atoms with van der Waals surface area (Å²) in [6.45, 7) is 8.08. The number of carbonyl (C=O) groups is 2. The van der Waals surface area contributed by atoms with Crippen molar-refractivity contribution in [3.8, 4) is 27.7 Å². The largest absolute Gasteiger partial charge is 0.478 e. The Bertz CT molecular complexity index is 1490. The molecule has 1 atom stereocenters. The number of carbonyl (C=O) groups excluding carboxylic acids is 1. The molecule has 3 N–H and O–H groups in total. The van der Waals surface area contributed by atoms with Gasteiger partial charge in [-0.25, -0.2) is 9.59 Å². The number of benzene rings is 3. The van der Waals surface area contributed by atoms with E-state index in [1.807, 2.05) is 50.2 Å². The molecule has 0 saturated heterocycles. The lowest BCUT2D eigenvalue weighted by atomic mass is 9.96. The molecular weight excluding hydrogens is 534 g/mol. The molecule has 1 aromatic heterocycles. The summed E-state index contributed by atoms with van der Waals surface area (Å²) in [6, 6.07) is 20.3. The number of hydrogen-bond donors (Lipinski definition) is 2. The number of carboxylic acids is 1. The van der Waals surface area contributed by atoms with Crippen LogP contribution in [-0.2, 0) is 9.59 Å². The average Bonchev–Trinajstić information content (AvgIpc) is 3.24. The van der Waals surface area contributed by atoms with Crippen molar-refractivity contribution in [3.63, 3.8) is 0 Å². The van der Waals surface area contributed by atoms with E-state index >= 15 is 0 Å². The predicted octanol–water partition coefficient (Wildman–Crippen LogP) is 7.89. The maximum atomic E-state index is 12.4. The zero-order valence-corrected chi connectivity index (χ0v) is 23.8. The third-order valence-corrected chi connectivity index (χ3v) is 7.34. The van der Waals surface area contributed by atoms with Crippen molar-refractivity contribution in [3.05, 3.63) is 83.9 Å². The molecule has 4 aromatic rings. The summed E-state index contributed by atoms with van der Waals surface area (Å²) in [7, 11) is 0. The van der Waals surface area contributed by atoms with E-state index in [0.29, 0.717) is 23.2 Å². The number of rotatable bonds is 9. The lowest BCUT2D eigenvalue weighted by molar-refractivity contribution is -0.137. The Labute approximate surface area is 238 Å². The lowest BCUT2D eigenvalue weighted by Crippen LogP contribution is -2.38. The Morgan fingerprint density at radius 1 is 0.949 bits per heavy atom. The molecule has 0 saturated carbocycles. The first-order chi connectivity index (χ1) is 18.1. The molecule has 8 heteroatoms. The van der Waals surface area contributed by atoms with Crippen LogP contribution >= 0.6 is 23.7 Å². The van der Waals surface area contributed by atoms with Crippen LogP contribution in [0.25, 0.3) is 26.6 Å². The van der Waals surface area contributed by atoms with Gasteiger partial charge in [0.2, 0.25) is 0 Å². The fraction of sp³-hybridized carbons (Fsp3) is 0.226. The summed E-state index contributed by atoms with van der Waals surface area (Å²) < 4.78 is 13.0. The minimum Gasteiger partial charge on any atom is -0.478 e. The number of thiophene rings is 1. The van der Waals surface area contributed by atoms with Gasteiger partial charge in [-0.15, -0.1) is 23.7 Å². The summed E-state index contributed by atoms with van der Waals surface area (Å²) in [4.78, 5) is 24.2. The number of halogens is 1. The van der Waals surface area contributed by atoms with Gasteiger partial charge < -0.3 is 20.3 Å². The molecular formula is C31H32ClNO5S. The fourth-order valence-corrected chi connectivity index (χ4v) is 5.20. The van der Waals surface area contributed by atoms with Gasteiger partial charge in [-0.3, -0.25) is 0 Å². The topological polar surface area (TPSA) is 98.9 Å². The number of nitrogens with two attached hydrogens (primary N) is 1. The molecule has 39 heavy (non-hydrogen) atoms. The van der Waals surface area contributed by atoms with Gasteiger partial charge in [0.05, 0.1) is 4.88 Å². The van der Waals surface area contributed by atoms with Crippen LogP contribution in [0.5, 0.6) is 17.2 Å². The second-order valence-electron chi connectivity index (χ2n) is 9.69. The summed E-state index contributed by atoms with van der Waals surface area (Å²) in [6.07, 6.45) is 2.63. The third kappa shape index (κ3) is 7.06. The molecule has 4 rings (SSSR count). The molecule has 0 amide bonds. The number of fused-ring (bicyclic) bond motifs is 1. The lowest BCUT2D eigenvalue weighted by Gasteiger charge is -2.14. The van der Waals surface area contributed by atoms with Crippen molar-refractivity contribution in [2.24, 2.45) is 11.7 Å². The van der Waals surface area contributed by atoms with Crippen molar-refractivity contribution < 1.29 is 24.2 Å². The van der Waals surface area contributed by atoms with E-state index in [2.05, 4.69) is 26.0 Å². The highest BCUT2D eigenvalue weighted by molar-refractivity contribution is 7.22. The molecule has 3 aromatic carbocycles. The highest BCUT2D eigenvalue weighted by Crippen LogP contribution is 2.48. The minimum absolute atomic E-state index is 0. The molecule has 6 nitrogen and oxygen atoms in total. The summed E-state index contributed by atoms with van der Waals surface area (Å²) in [5.41, 5.74) is 9.02. The van der Waals surface area contributed by atoms with Gasteiger partial charge in [0.1, 0.15) is 17.5 Å². The monoisotopic (exact) mass is 565 g/mol. The van der Waals surface area contributed by atoms with Crippen LogP contribution < -0.4 is 15.2 Å². The first kappa shape index (κ1) is 29.9. The smallest absolute Gasteiger partial charge is 0.328 e. The van der Waals surface area contributed by atoms with Crippen molar-refractivity contribution in [1.82, 2.24) is 0 Å². The zero-order chi connectivity index (χ0) is 27.4. The van der Waals surface area contributed by atoms with Crippen molar-refractivity contribution in [2.75, 3.05) is 0 Å². The summed E-state index contributed by atoms with van der Waals surface area (Å²) in [5.74, 6) is 0.582. The van der Waals surface area contributed by atoms with Crippen LogP contribution in [-0.4, -0.2) is 23.1 Å². The molecule has 0 spiro atoms. The summed E-state index contributed by atoms with van der Waals surface area (Å²) in [5, 5.41) is 9.77. The Morgan fingerprint density at radius 3 is 2.26 bits per heavy atom. The van der Waals surface area contributed by atoms with E-state index in [1.54, 1.807) is 29.5 Å². The van der Waals surface area contributed by atoms with Crippen molar-refractivity contribution in [2.45, 2.75) is 39.7 Å². The number of carboxylic acid groups (broad SMARTS) is 1. The maximum Gasteiger partial charge on any atom is 0.328 e. The van der Waals surface area contributed by atoms with Crippen LogP contribution in [0.2, 0.25) is 0 Å². The highest BCUT2D eigenvalue weighted by Gasteiger charge is 2.22. The van der Waals surface area contributed by atoms with Crippen molar-refractivity contribution in [1.29, 1.82) is 0 Å². The van der Waals surface area contributed by atoms with Crippen molar-refractivity contribution >= 4 is 51.8 Å². The van der Waals surface area contributed by atoms with Gasteiger partial charge in [-0.05, 0) is 64.9 Å². The molecule has 0 aliphatic carbocycles. The average molecular weight is 566 g/mol. The highest BCUT2D eigenvalue weighted by atomic mass is 35.5. The SMILES string of the molecule is CC(C)c1ccccc1-c1sc2cc(OC(=O)C(N)C(C)C)ccc2c1Oc1ccc(/C=C/C(=O)O)cc1.Cl. The molecule has 0 radical (unpaired) electrons. The number of esters is 1. The van der Waals surface area contributed by atoms with E-state index in [1.165, 1.54) is 11.6 Å². The van der Waals surface area contributed by atoms with Crippen LogP contribution in [0.3, 0.4) is 0 Å². The fourth-order valence-electron chi connectivity index (χ4n) is 3.99. The van der Waals surface area contributed by atoms with Gasteiger partial charge >= 0.3 is 11.9 Å². The van der Waals surface area contributed by atoms with Gasteiger partial charge in [0, 0.05) is 16.2 Å². The third-order valence-electron chi connectivity index (χ3n) is 6.17. The molecule has 0 aliphatic rings. The van der Waals surface area contributed by atoms with Crippen LogP contribution in [0.1, 0.15) is 44.7 Å². The maximum absolute atomic E-state index is 12.4. The predicted molar refractivity (Wildman–Crippen MR) is 160 cm³/mol. The Hall–Kier alpha value is -3.65. The number of ether oxygens (including phenoxy) is 2. The van der Waals surface area contributed by atoms with Crippen LogP contribution in [0, 0.1) is 5.92 Å². The first-order valence-electron chi connectivity index (χ1n) is 12.5. The van der Waals surface area contributed by atoms with E-state index in [0.717, 1.165) is 32.2 Å². The Kier molecular flexibility index (Phi) is 9.92. The number of aliphatic carboxylic acids is 1. The normalized spacial score (nSPS) is 12.1. The van der Waals surface area contributed by atoms with Gasteiger partial charge in [0.15, 0.2) is 5.75 Å². The molecule has 0 fully saturated rings. The van der Waals surface area contributed by atoms with E-state index < -0.39 is 18.0 Å². The standard InChI is InChI=1S/C31H31NO5S.ClH/c1-18(2)23-7-5-6-8-24(23)30-29(36-21-12-9-20(10-13-21)11-16-27(33)34)25-15-14-22(17-26(25)38-30)37-31(35)28(32)19(3)4;/h5-19,28H,32H2,1-4H3,(H,33,34);1H/b16-11+;. The Morgan fingerprint density at radius 2 is 1.62 bits per heavy atom.